The van der Waals surface area contributed by atoms with Gasteiger partial charge >= 0.3 is 6.18 Å². The van der Waals surface area contributed by atoms with E-state index < -0.39 is 29.4 Å². The van der Waals surface area contributed by atoms with Crippen LogP contribution in [-0.2, 0) is 20.4 Å². The Hall–Kier alpha value is -2.13. The standard InChI is InChI=1S/C23H29F3N2O4/c1-15-8-10-22(11-9-15)28(21(30)16-4-6-17(7-5-16)23(24,25)26)19(14-32-22)20(29)27-13-18-3-2-12-31-18/h4-7,15,18-19H,2-3,8-14H2,1H3,(H,27,29)/t15?,18-,19+,22?/m1/s1. The second-order valence-electron chi connectivity index (χ2n) is 9.09. The van der Waals surface area contributed by atoms with Gasteiger partial charge in [0.15, 0.2) is 0 Å². The molecule has 1 aromatic carbocycles. The van der Waals surface area contributed by atoms with Crippen molar-refractivity contribution in [3.05, 3.63) is 35.4 Å². The quantitative estimate of drug-likeness (QED) is 0.753. The summed E-state index contributed by atoms with van der Waals surface area (Å²) in [5, 5.41) is 2.88. The molecule has 0 bridgehead atoms. The van der Waals surface area contributed by atoms with Gasteiger partial charge in [0.2, 0.25) is 5.91 Å². The number of nitrogens with one attached hydrogen (secondary N) is 1. The summed E-state index contributed by atoms with van der Waals surface area (Å²) in [7, 11) is 0. The van der Waals surface area contributed by atoms with Crippen molar-refractivity contribution in [2.45, 2.75) is 69.5 Å². The van der Waals surface area contributed by atoms with Crippen LogP contribution in [0.15, 0.2) is 24.3 Å². The molecule has 1 aliphatic carbocycles. The third-order valence-corrected chi connectivity index (χ3v) is 6.82. The fraction of sp³-hybridized carbons (Fsp3) is 0.652. The number of benzene rings is 1. The van der Waals surface area contributed by atoms with Crippen LogP contribution in [0.1, 0.15) is 61.4 Å². The summed E-state index contributed by atoms with van der Waals surface area (Å²) in [6, 6.07) is 3.30. The Morgan fingerprint density at radius 1 is 1.16 bits per heavy atom. The monoisotopic (exact) mass is 454 g/mol. The highest BCUT2D eigenvalue weighted by molar-refractivity contribution is 5.98. The van der Waals surface area contributed by atoms with Gasteiger partial charge in [-0.3, -0.25) is 14.5 Å². The average Bonchev–Trinajstić information content (AvgIpc) is 3.42. The van der Waals surface area contributed by atoms with Crippen LogP contribution in [-0.4, -0.2) is 54.3 Å². The van der Waals surface area contributed by atoms with Crippen LogP contribution in [0.3, 0.4) is 0 Å². The highest BCUT2D eigenvalue weighted by Crippen LogP contribution is 2.43. The van der Waals surface area contributed by atoms with E-state index in [1.54, 1.807) is 0 Å². The molecule has 2 heterocycles. The Morgan fingerprint density at radius 3 is 2.44 bits per heavy atom. The average molecular weight is 454 g/mol. The number of hydrogen-bond donors (Lipinski definition) is 1. The molecule has 2 amide bonds. The molecule has 4 rings (SSSR count). The molecule has 2 saturated heterocycles. The van der Waals surface area contributed by atoms with Gasteiger partial charge in [-0.25, -0.2) is 0 Å². The number of carbonyl (C=O) groups excluding carboxylic acids is 2. The predicted molar refractivity (Wildman–Crippen MR) is 110 cm³/mol. The first-order valence-corrected chi connectivity index (χ1v) is 11.2. The first-order valence-electron chi connectivity index (χ1n) is 11.2. The predicted octanol–water partition coefficient (Wildman–Crippen LogP) is 3.75. The van der Waals surface area contributed by atoms with Gasteiger partial charge in [-0.1, -0.05) is 6.92 Å². The maximum absolute atomic E-state index is 13.5. The van der Waals surface area contributed by atoms with E-state index in [2.05, 4.69) is 12.2 Å². The van der Waals surface area contributed by atoms with Gasteiger partial charge in [0.1, 0.15) is 11.8 Å². The zero-order valence-electron chi connectivity index (χ0n) is 18.1. The zero-order valence-corrected chi connectivity index (χ0v) is 18.1. The van der Waals surface area contributed by atoms with Crippen LogP contribution in [0.25, 0.3) is 0 Å². The summed E-state index contributed by atoms with van der Waals surface area (Å²) in [6.07, 6.45) is 0.187. The Morgan fingerprint density at radius 2 is 1.84 bits per heavy atom. The molecule has 1 aromatic rings. The Kier molecular flexibility index (Phi) is 6.49. The summed E-state index contributed by atoms with van der Waals surface area (Å²) in [5.74, 6) is -0.320. The minimum absolute atomic E-state index is 0.0372. The lowest BCUT2D eigenvalue weighted by Gasteiger charge is -2.43. The van der Waals surface area contributed by atoms with Gasteiger partial charge in [-0.15, -0.1) is 0 Å². The van der Waals surface area contributed by atoms with Gasteiger partial charge in [-0.2, -0.15) is 13.2 Å². The Bertz CT molecular complexity index is 829. The van der Waals surface area contributed by atoms with Crippen LogP contribution >= 0.6 is 0 Å². The number of alkyl halides is 3. The lowest BCUT2D eigenvalue weighted by atomic mass is 9.83. The fourth-order valence-electron chi connectivity index (χ4n) is 4.86. The van der Waals surface area contributed by atoms with E-state index in [9.17, 15) is 22.8 Å². The first kappa shape index (κ1) is 23.0. The first-order chi connectivity index (χ1) is 15.2. The van der Waals surface area contributed by atoms with E-state index in [0.717, 1.165) is 37.8 Å². The van der Waals surface area contributed by atoms with Gasteiger partial charge in [0.05, 0.1) is 18.3 Å². The lowest BCUT2D eigenvalue weighted by molar-refractivity contribution is -0.137. The topological polar surface area (TPSA) is 67.9 Å². The van der Waals surface area contributed by atoms with Crippen molar-refractivity contribution in [1.82, 2.24) is 10.2 Å². The number of halogens is 3. The summed E-state index contributed by atoms with van der Waals surface area (Å²) in [6.45, 7) is 3.24. The second kappa shape index (κ2) is 9.02. The lowest BCUT2D eigenvalue weighted by Crippen LogP contribution is -2.57. The molecule has 3 aliphatic rings. The summed E-state index contributed by atoms with van der Waals surface area (Å²) in [4.78, 5) is 28.0. The molecule has 0 aromatic heterocycles. The van der Waals surface area contributed by atoms with E-state index in [-0.39, 0.29) is 24.2 Å². The SMILES string of the molecule is CC1CCC2(CC1)OC[C@@H](C(=O)NC[C@H]1CCCO1)N2C(=O)c1ccc(C(F)(F)F)cc1. The molecule has 2 aliphatic heterocycles. The molecule has 0 radical (unpaired) electrons. The Labute approximate surface area is 185 Å². The largest absolute Gasteiger partial charge is 0.416 e. The molecular weight excluding hydrogens is 425 g/mol. The van der Waals surface area contributed by atoms with Gasteiger partial charge in [0, 0.05) is 18.7 Å². The van der Waals surface area contributed by atoms with E-state index in [4.69, 9.17) is 9.47 Å². The number of carbonyl (C=O) groups is 2. The molecule has 176 valence electrons. The van der Waals surface area contributed by atoms with E-state index in [1.165, 1.54) is 17.0 Å². The normalized spacial score (nSPS) is 30.6. The molecule has 1 spiro atoms. The maximum atomic E-state index is 13.5. The minimum atomic E-state index is -4.48. The highest BCUT2D eigenvalue weighted by Gasteiger charge is 2.53. The van der Waals surface area contributed by atoms with Gasteiger partial charge < -0.3 is 14.8 Å². The number of rotatable bonds is 4. The highest BCUT2D eigenvalue weighted by atomic mass is 19.4. The maximum Gasteiger partial charge on any atom is 0.416 e. The van der Waals surface area contributed by atoms with Crippen molar-refractivity contribution in [3.8, 4) is 0 Å². The number of hydrogen-bond acceptors (Lipinski definition) is 4. The molecule has 1 N–H and O–H groups in total. The van der Waals surface area contributed by atoms with E-state index >= 15 is 0 Å². The summed E-state index contributed by atoms with van der Waals surface area (Å²) in [5.41, 5.74) is -1.62. The molecule has 1 saturated carbocycles. The van der Waals surface area contributed by atoms with Crippen LogP contribution in [0.5, 0.6) is 0 Å². The van der Waals surface area contributed by atoms with Crippen LogP contribution < -0.4 is 5.32 Å². The van der Waals surface area contributed by atoms with E-state index in [0.29, 0.717) is 31.9 Å². The van der Waals surface area contributed by atoms with Crippen molar-refractivity contribution in [2.75, 3.05) is 19.8 Å². The van der Waals surface area contributed by atoms with Gasteiger partial charge in [-0.05, 0) is 68.7 Å². The molecule has 3 fully saturated rings. The number of ether oxygens (including phenoxy) is 2. The van der Waals surface area contributed by atoms with E-state index in [1.807, 2.05) is 0 Å². The molecular formula is C23H29F3N2O4. The number of amides is 2. The molecule has 2 atom stereocenters. The van der Waals surface area contributed by atoms with Crippen LogP contribution in [0, 0.1) is 5.92 Å². The van der Waals surface area contributed by atoms with Crippen molar-refractivity contribution in [2.24, 2.45) is 5.92 Å². The third kappa shape index (κ3) is 4.64. The molecule has 6 nitrogen and oxygen atoms in total. The Balaban J connectivity index is 1.56. The molecule has 0 unspecified atom stereocenters. The van der Waals surface area contributed by atoms with Crippen molar-refractivity contribution < 1.29 is 32.2 Å². The zero-order chi connectivity index (χ0) is 22.9. The fourth-order valence-corrected chi connectivity index (χ4v) is 4.86. The smallest absolute Gasteiger partial charge is 0.376 e. The third-order valence-electron chi connectivity index (χ3n) is 6.82. The summed E-state index contributed by atoms with van der Waals surface area (Å²) < 4.78 is 50.5. The van der Waals surface area contributed by atoms with Crippen molar-refractivity contribution in [1.29, 1.82) is 0 Å². The molecule has 32 heavy (non-hydrogen) atoms. The minimum Gasteiger partial charge on any atom is -0.376 e. The second-order valence-corrected chi connectivity index (χ2v) is 9.09. The number of nitrogens with zero attached hydrogens (tertiary/aromatic N) is 1. The van der Waals surface area contributed by atoms with Crippen molar-refractivity contribution >= 4 is 11.8 Å². The van der Waals surface area contributed by atoms with Gasteiger partial charge in [0.25, 0.3) is 5.91 Å². The van der Waals surface area contributed by atoms with Crippen molar-refractivity contribution in [3.63, 3.8) is 0 Å². The van der Waals surface area contributed by atoms with Crippen LogP contribution in [0.2, 0.25) is 0 Å². The summed E-state index contributed by atoms with van der Waals surface area (Å²) >= 11 is 0. The van der Waals surface area contributed by atoms with Crippen LogP contribution in [0.4, 0.5) is 13.2 Å². The molecule has 9 heteroatoms.